The lowest BCUT2D eigenvalue weighted by Gasteiger charge is -2.19. The summed E-state index contributed by atoms with van der Waals surface area (Å²) in [4.78, 5) is 9.39. The number of pyridine rings is 2. The van der Waals surface area contributed by atoms with E-state index in [-0.39, 0.29) is 0 Å². The van der Waals surface area contributed by atoms with Crippen LogP contribution in [0.3, 0.4) is 0 Å². The number of hydrogen-bond donors (Lipinski definition) is 0. The van der Waals surface area contributed by atoms with E-state index in [9.17, 15) is 0 Å². The largest absolute Gasteiger partial charge is 0.308 e. The van der Waals surface area contributed by atoms with Crippen LogP contribution in [0.1, 0.15) is 5.56 Å². The fourth-order valence-electron chi connectivity index (χ4n) is 9.52. The molecule has 280 valence electrons. The summed E-state index contributed by atoms with van der Waals surface area (Å²) in [7, 11) is 0. The minimum absolute atomic E-state index is 1.07. The molecule has 0 amide bonds. The average molecular weight is 764 g/mol. The smallest absolute Gasteiger partial charge is 0.0724 e. The fourth-order valence-corrected chi connectivity index (χ4v) is 9.52. The Morgan fingerprint density at radius 2 is 0.917 bits per heavy atom. The van der Waals surface area contributed by atoms with Crippen LogP contribution in [-0.4, -0.2) is 14.5 Å². The lowest BCUT2D eigenvalue weighted by molar-refractivity contribution is 1.16. The summed E-state index contributed by atoms with van der Waals surface area (Å²) in [5, 5.41) is 12.2. The zero-order valence-corrected chi connectivity index (χ0v) is 33.0. The van der Waals surface area contributed by atoms with E-state index in [2.05, 4.69) is 198 Å². The maximum absolute atomic E-state index is 4.87. The van der Waals surface area contributed by atoms with Gasteiger partial charge < -0.3 is 4.57 Å². The number of aryl methyl sites for hydroxylation is 1. The molecule has 0 N–H and O–H groups in total. The monoisotopic (exact) mass is 763 g/mol. The molecule has 3 heterocycles. The third-order valence-corrected chi connectivity index (χ3v) is 12.3. The summed E-state index contributed by atoms with van der Waals surface area (Å²) in [5.41, 5.74) is 13.9. The van der Waals surface area contributed by atoms with Gasteiger partial charge in [0, 0.05) is 46.2 Å². The van der Waals surface area contributed by atoms with Gasteiger partial charge in [-0.05, 0) is 144 Å². The summed E-state index contributed by atoms with van der Waals surface area (Å²) in [6.07, 6.45) is 7.84. The van der Waals surface area contributed by atoms with Crippen molar-refractivity contribution in [1.29, 1.82) is 0 Å². The first-order valence-corrected chi connectivity index (χ1v) is 20.5. The van der Waals surface area contributed by atoms with Crippen molar-refractivity contribution >= 4 is 64.9 Å². The standard InChI is InChI=1S/C57H37N3/c1-36-9-8-14-47(27-36)60-54-24-22-42(31-52(54)48-25-26-58-35-55(48)60)46-30-45(33-59-34-46)41-21-23-51-53(32-41)57(44-20-18-38-11-3-5-13-40(38)29-44)50-16-7-6-15-49(50)56(51)43-19-17-37-10-2-4-12-39(37)28-43/h2-35H,1H3. The first-order chi connectivity index (χ1) is 29.6. The topological polar surface area (TPSA) is 30.7 Å². The highest BCUT2D eigenvalue weighted by Crippen LogP contribution is 2.46. The Balaban J connectivity index is 1.06. The lowest BCUT2D eigenvalue weighted by atomic mass is 9.84. The van der Waals surface area contributed by atoms with Gasteiger partial charge in [-0.3, -0.25) is 9.97 Å². The Bertz CT molecular complexity index is 3690. The molecule has 0 fully saturated rings. The Morgan fingerprint density at radius 3 is 1.60 bits per heavy atom. The maximum atomic E-state index is 4.87. The van der Waals surface area contributed by atoms with Gasteiger partial charge in [-0.15, -0.1) is 0 Å². The van der Waals surface area contributed by atoms with E-state index in [1.807, 2.05) is 24.8 Å². The number of benzene rings is 9. The van der Waals surface area contributed by atoms with Crippen LogP contribution in [0.5, 0.6) is 0 Å². The minimum Gasteiger partial charge on any atom is -0.308 e. The second-order valence-electron chi connectivity index (χ2n) is 15.9. The first kappa shape index (κ1) is 34.2. The van der Waals surface area contributed by atoms with Gasteiger partial charge in [0.1, 0.15) is 0 Å². The van der Waals surface area contributed by atoms with Crippen LogP contribution in [0.15, 0.2) is 207 Å². The van der Waals surface area contributed by atoms with Gasteiger partial charge in [0.05, 0.1) is 17.2 Å². The van der Waals surface area contributed by atoms with Crippen LogP contribution in [0.2, 0.25) is 0 Å². The van der Waals surface area contributed by atoms with Crippen molar-refractivity contribution in [2.45, 2.75) is 6.92 Å². The Hall–Kier alpha value is -7.88. The number of rotatable bonds is 5. The molecule has 12 aromatic rings. The number of fused-ring (bicyclic) bond motifs is 7. The molecule has 0 unspecified atom stereocenters. The van der Waals surface area contributed by atoms with Crippen molar-refractivity contribution in [3.05, 3.63) is 212 Å². The highest BCUT2D eigenvalue weighted by molar-refractivity contribution is 6.22. The van der Waals surface area contributed by atoms with Crippen LogP contribution in [0, 0.1) is 6.92 Å². The summed E-state index contributed by atoms with van der Waals surface area (Å²) in [5.74, 6) is 0. The highest BCUT2D eigenvalue weighted by Gasteiger charge is 2.19. The predicted octanol–water partition coefficient (Wildman–Crippen LogP) is 15.2. The summed E-state index contributed by atoms with van der Waals surface area (Å²) in [6, 6.07) is 66.8. The Labute approximate surface area is 347 Å². The number of hydrogen-bond acceptors (Lipinski definition) is 2. The van der Waals surface area contributed by atoms with Gasteiger partial charge in [0.15, 0.2) is 0 Å². The van der Waals surface area contributed by atoms with E-state index in [0.717, 1.165) is 39.0 Å². The van der Waals surface area contributed by atoms with Crippen LogP contribution in [-0.2, 0) is 0 Å². The molecule has 9 aromatic carbocycles. The second-order valence-corrected chi connectivity index (χ2v) is 15.9. The summed E-state index contributed by atoms with van der Waals surface area (Å²) >= 11 is 0. The molecule has 0 radical (unpaired) electrons. The quantitative estimate of drug-likeness (QED) is 0.163. The van der Waals surface area contributed by atoms with Crippen molar-refractivity contribution in [2.24, 2.45) is 0 Å². The molecule has 12 rings (SSSR count). The zero-order valence-electron chi connectivity index (χ0n) is 33.0. The van der Waals surface area contributed by atoms with Crippen LogP contribution in [0.25, 0.3) is 115 Å². The molecule has 3 aromatic heterocycles. The molecule has 0 saturated carbocycles. The van der Waals surface area contributed by atoms with E-state index in [0.29, 0.717) is 0 Å². The normalized spacial score (nSPS) is 11.8. The molecule has 0 atom stereocenters. The third-order valence-electron chi connectivity index (χ3n) is 12.3. The highest BCUT2D eigenvalue weighted by atomic mass is 15.0. The molecular weight excluding hydrogens is 727 g/mol. The van der Waals surface area contributed by atoms with Crippen molar-refractivity contribution in [1.82, 2.24) is 14.5 Å². The molecule has 0 saturated heterocycles. The minimum atomic E-state index is 1.07. The molecule has 0 aliphatic carbocycles. The third kappa shape index (κ3) is 5.51. The van der Waals surface area contributed by atoms with Crippen molar-refractivity contribution < 1.29 is 0 Å². The van der Waals surface area contributed by atoms with E-state index in [1.54, 1.807) is 0 Å². The Kier molecular flexibility index (Phi) is 7.76. The molecule has 0 aliphatic rings. The summed E-state index contributed by atoms with van der Waals surface area (Å²) in [6.45, 7) is 2.14. The maximum Gasteiger partial charge on any atom is 0.0724 e. The van der Waals surface area contributed by atoms with Crippen molar-refractivity contribution in [3.8, 4) is 50.2 Å². The molecule has 0 spiro atoms. The van der Waals surface area contributed by atoms with Gasteiger partial charge in [-0.25, -0.2) is 0 Å². The fraction of sp³-hybridized carbons (Fsp3) is 0.0175. The summed E-state index contributed by atoms with van der Waals surface area (Å²) < 4.78 is 2.32. The SMILES string of the molecule is Cc1cccc(-n2c3ccc(-c4cncc(-c5ccc6c(-c7ccc8ccccc8c7)c7ccccc7c(-c7ccc8ccccc8c7)c6c5)c4)cc3c3ccncc32)c1. The van der Waals surface area contributed by atoms with Crippen molar-refractivity contribution in [2.75, 3.05) is 0 Å². The number of nitrogens with zero attached hydrogens (tertiary/aromatic N) is 3. The second kappa shape index (κ2) is 13.6. The number of aromatic nitrogens is 3. The van der Waals surface area contributed by atoms with Gasteiger partial charge in [0.2, 0.25) is 0 Å². The van der Waals surface area contributed by atoms with Crippen LogP contribution >= 0.6 is 0 Å². The molecule has 60 heavy (non-hydrogen) atoms. The van der Waals surface area contributed by atoms with E-state index < -0.39 is 0 Å². The van der Waals surface area contributed by atoms with Gasteiger partial charge >= 0.3 is 0 Å². The molecular formula is C57H37N3. The van der Waals surface area contributed by atoms with Gasteiger partial charge in [0.25, 0.3) is 0 Å². The van der Waals surface area contributed by atoms with Gasteiger partial charge in [-0.1, -0.05) is 127 Å². The predicted molar refractivity (Wildman–Crippen MR) is 253 cm³/mol. The van der Waals surface area contributed by atoms with E-state index in [1.165, 1.54) is 81.7 Å². The van der Waals surface area contributed by atoms with Crippen LogP contribution < -0.4 is 0 Å². The van der Waals surface area contributed by atoms with Crippen LogP contribution in [0.4, 0.5) is 0 Å². The molecule has 0 bridgehead atoms. The zero-order chi connectivity index (χ0) is 39.7. The Morgan fingerprint density at radius 1 is 0.333 bits per heavy atom. The average Bonchev–Trinajstić information content (AvgIpc) is 3.64. The van der Waals surface area contributed by atoms with Crippen molar-refractivity contribution in [3.63, 3.8) is 0 Å². The van der Waals surface area contributed by atoms with E-state index >= 15 is 0 Å². The first-order valence-electron chi connectivity index (χ1n) is 20.5. The lowest BCUT2D eigenvalue weighted by Crippen LogP contribution is -1.94. The molecule has 0 aliphatic heterocycles. The van der Waals surface area contributed by atoms with Gasteiger partial charge in [-0.2, -0.15) is 0 Å². The van der Waals surface area contributed by atoms with E-state index in [4.69, 9.17) is 4.98 Å². The molecule has 3 nitrogen and oxygen atoms in total. The molecule has 3 heteroatoms.